The number of fused-ring (bicyclic) bond motifs is 2. The van der Waals surface area contributed by atoms with Gasteiger partial charge in [0.1, 0.15) is 0 Å². The summed E-state index contributed by atoms with van der Waals surface area (Å²) in [5.74, 6) is 1.20. The number of esters is 1. The molecular weight excluding hydrogens is 252 g/mol. The van der Waals surface area contributed by atoms with Crippen LogP contribution in [0.1, 0.15) is 46.5 Å². The fraction of sp³-hybridized carbons (Fsp3) is 0.824. The van der Waals surface area contributed by atoms with Crippen LogP contribution in [-0.2, 0) is 9.53 Å². The molecule has 4 aliphatic rings. The zero-order valence-corrected chi connectivity index (χ0v) is 12.8. The summed E-state index contributed by atoms with van der Waals surface area (Å²) in [5.41, 5.74) is 1.34. The molecule has 5 unspecified atom stereocenters. The van der Waals surface area contributed by atoms with E-state index in [1.54, 1.807) is 0 Å². The molecule has 5 atom stereocenters. The van der Waals surface area contributed by atoms with Gasteiger partial charge in [-0.2, -0.15) is 0 Å². The van der Waals surface area contributed by atoms with Gasteiger partial charge in [-0.05, 0) is 48.0 Å². The second-order valence-corrected chi connectivity index (χ2v) is 7.79. The minimum absolute atomic E-state index is 0.0560. The fourth-order valence-corrected chi connectivity index (χ4v) is 5.52. The Morgan fingerprint density at radius 3 is 2.75 bits per heavy atom. The zero-order valence-electron chi connectivity index (χ0n) is 12.8. The number of ether oxygens (including phenoxy) is 1. The molecule has 20 heavy (non-hydrogen) atoms. The van der Waals surface area contributed by atoms with Crippen LogP contribution in [0.25, 0.3) is 0 Å². The normalized spacial score (nSPS) is 45.3. The molecule has 0 radical (unpaired) electrons. The summed E-state index contributed by atoms with van der Waals surface area (Å²) in [7, 11) is 0. The first kappa shape index (κ1) is 14.1. The van der Waals surface area contributed by atoms with Crippen molar-refractivity contribution in [3.63, 3.8) is 0 Å². The van der Waals surface area contributed by atoms with Crippen LogP contribution in [0.15, 0.2) is 12.2 Å². The maximum atomic E-state index is 11.2. The SMILES string of the molecule is C=C1C(O)CC2C3C1C2(COC(C)=O)CCCC3(C)C. The highest BCUT2D eigenvalue weighted by atomic mass is 16.5. The highest BCUT2D eigenvalue weighted by Gasteiger charge is 2.70. The van der Waals surface area contributed by atoms with Crippen LogP contribution in [0.5, 0.6) is 0 Å². The van der Waals surface area contributed by atoms with E-state index >= 15 is 0 Å². The molecule has 4 rings (SSSR count). The number of hydrogen-bond acceptors (Lipinski definition) is 3. The molecule has 1 N–H and O–H groups in total. The van der Waals surface area contributed by atoms with Crippen LogP contribution in [0, 0.1) is 28.6 Å². The van der Waals surface area contributed by atoms with Gasteiger partial charge >= 0.3 is 5.97 Å². The van der Waals surface area contributed by atoms with Gasteiger partial charge in [-0.25, -0.2) is 0 Å². The van der Waals surface area contributed by atoms with Crippen molar-refractivity contribution in [2.45, 2.75) is 52.6 Å². The van der Waals surface area contributed by atoms with Crippen molar-refractivity contribution in [3.8, 4) is 0 Å². The van der Waals surface area contributed by atoms with Crippen molar-refractivity contribution >= 4 is 5.97 Å². The van der Waals surface area contributed by atoms with E-state index in [0.29, 0.717) is 29.8 Å². The van der Waals surface area contributed by atoms with Gasteiger partial charge in [0, 0.05) is 12.3 Å². The Hall–Kier alpha value is -0.830. The van der Waals surface area contributed by atoms with Crippen LogP contribution < -0.4 is 0 Å². The van der Waals surface area contributed by atoms with E-state index in [4.69, 9.17) is 4.74 Å². The van der Waals surface area contributed by atoms with Crippen LogP contribution >= 0.6 is 0 Å². The molecule has 3 heteroatoms. The maximum absolute atomic E-state index is 11.2. The average Bonchev–Trinajstić information content (AvgIpc) is 2.53. The van der Waals surface area contributed by atoms with Crippen LogP contribution in [0.2, 0.25) is 0 Å². The van der Waals surface area contributed by atoms with Crippen molar-refractivity contribution in [1.82, 2.24) is 0 Å². The number of aliphatic hydroxyl groups is 1. The second kappa shape index (κ2) is 4.33. The smallest absolute Gasteiger partial charge is 0.302 e. The van der Waals surface area contributed by atoms with E-state index in [1.807, 2.05) is 0 Å². The molecule has 0 amide bonds. The lowest BCUT2D eigenvalue weighted by atomic mass is 9.36. The highest BCUT2D eigenvalue weighted by molar-refractivity contribution is 5.66. The lowest BCUT2D eigenvalue weighted by Crippen LogP contribution is -2.67. The van der Waals surface area contributed by atoms with E-state index in [9.17, 15) is 9.90 Å². The summed E-state index contributed by atoms with van der Waals surface area (Å²) in [6, 6.07) is 0. The van der Waals surface area contributed by atoms with Crippen LogP contribution in [-0.4, -0.2) is 23.8 Å². The quantitative estimate of drug-likeness (QED) is 0.624. The van der Waals surface area contributed by atoms with Gasteiger partial charge in [-0.3, -0.25) is 4.79 Å². The minimum Gasteiger partial charge on any atom is -0.465 e. The summed E-state index contributed by atoms with van der Waals surface area (Å²) in [6.45, 7) is 10.9. The third-order valence-corrected chi connectivity index (χ3v) is 6.36. The number of carbonyl (C=O) groups excluding carboxylic acids is 1. The maximum Gasteiger partial charge on any atom is 0.302 e. The highest BCUT2D eigenvalue weighted by Crippen LogP contribution is 2.73. The topological polar surface area (TPSA) is 46.5 Å². The molecule has 0 saturated heterocycles. The minimum atomic E-state index is -0.361. The predicted octanol–water partition coefficient (Wildman–Crippen LogP) is 2.93. The Labute approximate surface area is 121 Å². The Balaban J connectivity index is 1.95. The van der Waals surface area contributed by atoms with Gasteiger partial charge < -0.3 is 9.84 Å². The van der Waals surface area contributed by atoms with Gasteiger partial charge in [-0.1, -0.05) is 26.8 Å². The van der Waals surface area contributed by atoms with Gasteiger partial charge in [0.2, 0.25) is 0 Å². The molecule has 4 saturated carbocycles. The van der Waals surface area contributed by atoms with E-state index in [2.05, 4.69) is 20.4 Å². The molecule has 3 nitrogen and oxygen atoms in total. The molecular formula is C17H26O3. The number of aliphatic hydroxyl groups excluding tert-OH is 1. The number of hydrogen-bond donors (Lipinski definition) is 1. The van der Waals surface area contributed by atoms with E-state index < -0.39 is 0 Å². The first-order valence-corrected chi connectivity index (χ1v) is 7.80. The molecule has 0 aromatic rings. The Kier molecular flexibility index (Phi) is 3.06. The van der Waals surface area contributed by atoms with Gasteiger partial charge in [0.05, 0.1) is 12.7 Å². The third-order valence-electron chi connectivity index (χ3n) is 6.36. The Morgan fingerprint density at radius 1 is 1.45 bits per heavy atom. The lowest BCUT2D eigenvalue weighted by Gasteiger charge is -2.68. The first-order chi connectivity index (χ1) is 9.29. The lowest BCUT2D eigenvalue weighted by molar-refractivity contribution is -0.211. The first-order valence-electron chi connectivity index (χ1n) is 7.80. The summed E-state index contributed by atoms with van der Waals surface area (Å²) in [5, 5.41) is 10.2. The molecule has 0 aliphatic heterocycles. The Morgan fingerprint density at radius 2 is 2.15 bits per heavy atom. The third kappa shape index (κ3) is 1.71. The molecule has 4 bridgehead atoms. The van der Waals surface area contributed by atoms with Gasteiger partial charge in [0.25, 0.3) is 0 Å². The average molecular weight is 278 g/mol. The summed E-state index contributed by atoms with van der Waals surface area (Å²) >= 11 is 0. The van der Waals surface area contributed by atoms with Gasteiger partial charge in [-0.15, -0.1) is 0 Å². The molecule has 0 spiro atoms. The summed E-state index contributed by atoms with van der Waals surface area (Å²) in [4.78, 5) is 11.2. The van der Waals surface area contributed by atoms with Crippen molar-refractivity contribution in [3.05, 3.63) is 12.2 Å². The van der Waals surface area contributed by atoms with E-state index in [-0.39, 0.29) is 17.5 Å². The predicted molar refractivity (Wildman–Crippen MR) is 76.9 cm³/mol. The largest absolute Gasteiger partial charge is 0.465 e. The van der Waals surface area contributed by atoms with Crippen molar-refractivity contribution in [2.24, 2.45) is 28.6 Å². The Bertz CT molecular complexity index is 453. The van der Waals surface area contributed by atoms with Crippen molar-refractivity contribution in [2.75, 3.05) is 6.61 Å². The second-order valence-electron chi connectivity index (χ2n) is 7.79. The monoisotopic (exact) mass is 278 g/mol. The molecule has 0 aromatic carbocycles. The van der Waals surface area contributed by atoms with Crippen molar-refractivity contribution in [1.29, 1.82) is 0 Å². The van der Waals surface area contributed by atoms with Crippen LogP contribution in [0.4, 0.5) is 0 Å². The summed E-state index contributed by atoms with van der Waals surface area (Å²) < 4.78 is 5.40. The number of rotatable bonds is 2. The number of carbonyl (C=O) groups is 1. The molecule has 0 aromatic heterocycles. The van der Waals surface area contributed by atoms with Crippen LogP contribution in [0.3, 0.4) is 0 Å². The van der Waals surface area contributed by atoms with Crippen molar-refractivity contribution < 1.29 is 14.6 Å². The summed E-state index contributed by atoms with van der Waals surface area (Å²) in [6.07, 6.45) is 3.93. The molecule has 0 heterocycles. The fourth-order valence-electron chi connectivity index (χ4n) is 5.52. The standard InChI is InChI=1S/C17H26O3/c1-10-13(19)8-12-15-14(10)17(12,9-20-11(2)18)7-5-6-16(15,3)4/h12-15,19H,1,5-9H2,2-4H3. The van der Waals surface area contributed by atoms with E-state index in [0.717, 1.165) is 18.4 Å². The van der Waals surface area contributed by atoms with Gasteiger partial charge in [0.15, 0.2) is 0 Å². The zero-order chi connectivity index (χ0) is 14.7. The molecule has 4 aliphatic carbocycles. The molecule has 4 fully saturated rings. The van der Waals surface area contributed by atoms with E-state index in [1.165, 1.54) is 19.8 Å². The molecule has 112 valence electrons.